The van der Waals surface area contributed by atoms with Crippen molar-refractivity contribution in [1.29, 1.82) is 0 Å². The van der Waals surface area contributed by atoms with E-state index in [9.17, 15) is 4.79 Å². The van der Waals surface area contributed by atoms with E-state index in [4.69, 9.17) is 4.42 Å². The van der Waals surface area contributed by atoms with Crippen LogP contribution < -0.4 is 0 Å². The van der Waals surface area contributed by atoms with Crippen molar-refractivity contribution < 1.29 is 9.21 Å². The molecule has 4 aromatic rings. The highest BCUT2D eigenvalue weighted by atomic mass is 16.3. The molecule has 0 bridgehead atoms. The topological polar surface area (TPSA) is 76.5 Å². The monoisotopic (exact) mass is 347 g/mol. The first-order valence-electron chi connectivity index (χ1n) is 8.23. The fraction of sp³-hybridized carbons (Fsp3) is 0.158. The molecule has 7 heteroatoms. The van der Waals surface area contributed by atoms with Gasteiger partial charge in [-0.1, -0.05) is 6.07 Å². The van der Waals surface area contributed by atoms with Crippen molar-refractivity contribution in [2.24, 2.45) is 0 Å². The third-order valence-corrected chi connectivity index (χ3v) is 4.07. The highest BCUT2D eigenvalue weighted by molar-refractivity contribution is 5.94. The van der Waals surface area contributed by atoms with Crippen LogP contribution in [0.2, 0.25) is 0 Å². The second kappa shape index (κ2) is 6.79. The van der Waals surface area contributed by atoms with Gasteiger partial charge in [-0.05, 0) is 37.3 Å². The van der Waals surface area contributed by atoms with Crippen LogP contribution in [-0.2, 0) is 13.1 Å². The van der Waals surface area contributed by atoms with E-state index in [-0.39, 0.29) is 5.91 Å². The SMILES string of the molecule is Cc1nc2ncccn2c1C(=O)N(Cc1ccccn1)Cc1ccco1. The fourth-order valence-corrected chi connectivity index (χ4v) is 2.88. The van der Waals surface area contributed by atoms with Crippen LogP contribution in [0.25, 0.3) is 5.78 Å². The normalized spacial score (nSPS) is 11.0. The summed E-state index contributed by atoms with van der Waals surface area (Å²) in [5.74, 6) is 1.06. The van der Waals surface area contributed by atoms with E-state index >= 15 is 0 Å². The molecule has 130 valence electrons. The first-order valence-corrected chi connectivity index (χ1v) is 8.23. The molecule has 4 aromatic heterocycles. The summed E-state index contributed by atoms with van der Waals surface area (Å²) in [6.07, 6.45) is 6.77. The summed E-state index contributed by atoms with van der Waals surface area (Å²) in [5, 5.41) is 0. The first-order chi connectivity index (χ1) is 12.7. The zero-order valence-corrected chi connectivity index (χ0v) is 14.2. The molecule has 4 heterocycles. The van der Waals surface area contributed by atoms with Crippen molar-refractivity contribution in [3.63, 3.8) is 0 Å². The van der Waals surface area contributed by atoms with Gasteiger partial charge >= 0.3 is 0 Å². The Kier molecular flexibility index (Phi) is 4.18. The highest BCUT2D eigenvalue weighted by Crippen LogP contribution is 2.17. The van der Waals surface area contributed by atoms with Crippen molar-refractivity contribution in [3.8, 4) is 0 Å². The van der Waals surface area contributed by atoms with Gasteiger partial charge in [-0.25, -0.2) is 9.97 Å². The van der Waals surface area contributed by atoms with Gasteiger partial charge in [0.25, 0.3) is 5.91 Å². The number of aromatic nitrogens is 4. The van der Waals surface area contributed by atoms with E-state index < -0.39 is 0 Å². The van der Waals surface area contributed by atoms with Gasteiger partial charge in [0.2, 0.25) is 5.78 Å². The van der Waals surface area contributed by atoms with Gasteiger partial charge < -0.3 is 9.32 Å². The number of carbonyl (C=O) groups excluding carboxylic acids is 1. The number of amides is 1. The first kappa shape index (κ1) is 16.0. The summed E-state index contributed by atoms with van der Waals surface area (Å²) in [6.45, 7) is 2.52. The molecule has 0 fully saturated rings. The Morgan fingerprint density at radius 3 is 2.77 bits per heavy atom. The van der Waals surface area contributed by atoms with Crippen molar-refractivity contribution in [1.82, 2.24) is 24.3 Å². The second-order valence-electron chi connectivity index (χ2n) is 5.90. The Morgan fingerprint density at radius 2 is 2.00 bits per heavy atom. The highest BCUT2D eigenvalue weighted by Gasteiger charge is 2.24. The zero-order valence-electron chi connectivity index (χ0n) is 14.2. The van der Waals surface area contributed by atoms with Gasteiger partial charge in [0.1, 0.15) is 11.5 Å². The number of hydrogen-bond donors (Lipinski definition) is 0. The van der Waals surface area contributed by atoms with Crippen molar-refractivity contribution in [2.75, 3.05) is 0 Å². The van der Waals surface area contributed by atoms with Gasteiger partial charge in [-0.15, -0.1) is 0 Å². The third kappa shape index (κ3) is 3.06. The number of furan rings is 1. The predicted molar refractivity (Wildman–Crippen MR) is 94.2 cm³/mol. The van der Waals surface area contributed by atoms with E-state index in [0.29, 0.717) is 36.0 Å². The molecule has 0 saturated carbocycles. The van der Waals surface area contributed by atoms with Gasteiger partial charge in [-0.2, -0.15) is 0 Å². The molecule has 0 aliphatic rings. The van der Waals surface area contributed by atoms with E-state index in [2.05, 4.69) is 15.0 Å². The quantitative estimate of drug-likeness (QED) is 0.555. The van der Waals surface area contributed by atoms with E-state index in [1.54, 1.807) is 40.2 Å². The molecule has 0 aromatic carbocycles. The molecule has 0 atom stereocenters. The van der Waals surface area contributed by atoms with E-state index in [0.717, 1.165) is 5.69 Å². The minimum atomic E-state index is -0.148. The van der Waals surface area contributed by atoms with Crippen molar-refractivity contribution >= 4 is 11.7 Å². The van der Waals surface area contributed by atoms with Gasteiger partial charge in [-0.3, -0.25) is 14.2 Å². The maximum atomic E-state index is 13.3. The van der Waals surface area contributed by atoms with Crippen LogP contribution in [0.4, 0.5) is 0 Å². The fourth-order valence-electron chi connectivity index (χ4n) is 2.88. The summed E-state index contributed by atoms with van der Waals surface area (Å²) in [6, 6.07) is 11.1. The van der Waals surface area contributed by atoms with Crippen LogP contribution in [0.3, 0.4) is 0 Å². The smallest absolute Gasteiger partial charge is 0.273 e. The average Bonchev–Trinajstić information content (AvgIpc) is 3.28. The maximum Gasteiger partial charge on any atom is 0.273 e. The molecule has 0 saturated heterocycles. The lowest BCUT2D eigenvalue weighted by atomic mass is 10.2. The van der Waals surface area contributed by atoms with Crippen molar-refractivity contribution in [3.05, 3.63) is 84.1 Å². The Morgan fingerprint density at radius 1 is 1.12 bits per heavy atom. The average molecular weight is 347 g/mol. The van der Waals surface area contributed by atoms with Crippen LogP contribution >= 0.6 is 0 Å². The van der Waals surface area contributed by atoms with Crippen LogP contribution in [-0.4, -0.2) is 30.2 Å². The predicted octanol–water partition coefficient (Wildman–Crippen LogP) is 2.87. The lowest BCUT2D eigenvalue weighted by Crippen LogP contribution is -2.31. The number of hydrogen-bond acceptors (Lipinski definition) is 5. The number of pyridine rings is 1. The molecule has 0 aliphatic heterocycles. The number of carbonyl (C=O) groups is 1. The summed E-state index contributed by atoms with van der Waals surface area (Å²) >= 11 is 0. The number of imidazole rings is 1. The van der Waals surface area contributed by atoms with Crippen LogP contribution in [0, 0.1) is 6.92 Å². The number of fused-ring (bicyclic) bond motifs is 1. The number of aryl methyl sites for hydroxylation is 1. The summed E-state index contributed by atoms with van der Waals surface area (Å²) in [7, 11) is 0. The molecular formula is C19H17N5O2. The summed E-state index contributed by atoms with van der Waals surface area (Å²) in [5.41, 5.74) is 1.94. The largest absolute Gasteiger partial charge is 0.467 e. The Labute approximate surface area is 149 Å². The molecule has 0 radical (unpaired) electrons. The van der Waals surface area contributed by atoms with Gasteiger partial charge in [0, 0.05) is 18.6 Å². The molecule has 4 rings (SSSR count). The lowest BCUT2D eigenvalue weighted by molar-refractivity contribution is 0.0707. The van der Waals surface area contributed by atoms with Crippen LogP contribution in [0.15, 0.2) is 65.7 Å². The van der Waals surface area contributed by atoms with Crippen LogP contribution in [0.5, 0.6) is 0 Å². The lowest BCUT2D eigenvalue weighted by Gasteiger charge is -2.21. The van der Waals surface area contributed by atoms with Crippen molar-refractivity contribution in [2.45, 2.75) is 20.0 Å². The van der Waals surface area contributed by atoms with Crippen LogP contribution in [0.1, 0.15) is 27.6 Å². The maximum absolute atomic E-state index is 13.3. The Bertz CT molecular complexity index is 1020. The minimum Gasteiger partial charge on any atom is -0.467 e. The van der Waals surface area contributed by atoms with Gasteiger partial charge in [0.05, 0.1) is 30.7 Å². The summed E-state index contributed by atoms with van der Waals surface area (Å²) < 4.78 is 7.15. The third-order valence-electron chi connectivity index (χ3n) is 4.07. The Hall–Kier alpha value is -3.48. The molecule has 0 unspecified atom stereocenters. The standard InChI is InChI=1S/C19H17N5O2/c1-14-17(24-10-5-9-21-19(24)22-14)18(25)23(13-16-7-4-11-26-16)12-15-6-2-3-8-20-15/h2-11H,12-13H2,1H3. The molecule has 0 N–H and O–H groups in total. The second-order valence-corrected chi connectivity index (χ2v) is 5.90. The van der Waals surface area contributed by atoms with Gasteiger partial charge in [0.15, 0.2) is 0 Å². The Balaban J connectivity index is 1.72. The molecule has 7 nitrogen and oxygen atoms in total. The summed E-state index contributed by atoms with van der Waals surface area (Å²) in [4.78, 5) is 28.0. The minimum absolute atomic E-state index is 0.148. The number of nitrogens with zero attached hydrogens (tertiary/aromatic N) is 5. The van der Waals surface area contributed by atoms with E-state index in [1.165, 1.54) is 0 Å². The van der Waals surface area contributed by atoms with E-state index in [1.807, 2.05) is 37.3 Å². The molecule has 0 spiro atoms. The molecule has 1 amide bonds. The number of rotatable bonds is 5. The molecule has 0 aliphatic carbocycles. The molecule has 26 heavy (non-hydrogen) atoms. The zero-order chi connectivity index (χ0) is 17.9. The molecular weight excluding hydrogens is 330 g/mol.